The number of rotatable bonds is 0. The van der Waals surface area contributed by atoms with Crippen LogP contribution in [0.15, 0.2) is 23.4 Å². The van der Waals surface area contributed by atoms with Gasteiger partial charge in [-0.15, -0.1) is 0 Å². The second-order valence-electron chi connectivity index (χ2n) is 3.25. The van der Waals surface area contributed by atoms with Gasteiger partial charge in [-0.3, -0.25) is 14.4 Å². The summed E-state index contributed by atoms with van der Waals surface area (Å²) < 4.78 is 12.9. The number of Topliss-reactive ketones (excluding diaryl/α,β-unsaturated/α-hetero) is 2. The number of fused-ring (bicyclic) bond motifs is 1. The molecule has 0 bridgehead atoms. The average molecular weight is 236 g/mol. The van der Waals surface area contributed by atoms with Crippen molar-refractivity contribution < 1.29 is 24.0 Å². The van der Waals surface area contributed by atoms with Gasteiger partial charge >= 0.3 is 0 Å². The molecule has 1 aromatic carbocycles. The molecule has 0 spiro atoms. The fraction of sp³-hybridized carbons (Fsp3) is 0. The Morgan fingerprint density at radius 2 is 1.88 bits per heavy atom. The first-order chi connectivity index (χ1) is 8.04. The minimum atomic E-state index is -1.24. The van der Waals surface area contributed by atoms with E-state index in [1.54, 1.807) is 0 Å². The zero-order valence-corrected chi connectivity index (χ0v) is 8.23. The maximum absolute atomic E-state index is 12.9. The maximum Gasteiger partial charge on any atom is 0.281 e. The van der Waals surface area contributed by atoms with Crippen molar-refractivity contribution in [3.63, 3.8) is 0 Å². The molecule has 0 radical (unpaired) electrons. The van der Waals surface area contributed by atoms with Crippen LogP contribution in [0, 0.1) is 5.82 Å². The topological polar surface area (TPSA) is 95.8 Å². The van der Waals surface area contributed by atoms with Crippen molar-refractivity contribution in [1.82, 2.24) is 0 Å². The lowest BCUT2D eigenvalue weighted by Gasteiger charge is -2.03. The fourth-order valence-electron chi connectivity index (χ4n) is 1.42. The summed E-state index contributed by atoms with van der Waals surface area (Å²) >= 11 is 0. The smallest absolute Gasteiger partial charge is 0.281 e. The van der Waals surface area contributed by atoms with E-state index in [2.05, 4.69) is 10.5 Å². The Morgan fingerprint density at radius 3 is 2.53 bits per heavy atom. The molecule has 0 saturated heterocycles. The molecule has 1 aliphatic heterocycles. The molecule has 17 heavy (non-hydrogen) atoms. The monoisotopic (exact) mass is 236 g/mol. The number of nitrogens with one attached hydrogen (secondary N) is 1. The lowest BCUT2D eigenvalue weighted by molar-refractivity contribution is -0.113. The third-order valence-electron chi connectivity index (χ3n) is 2.21. The summed E-state index contributed by atoms with van der Waals surface area (Å²) in [6.45, 7) is 0. The number of anilines is 1. The molecule has 0 fully saturated rings. The van der Waals surface area contributed by atoms with E-state index in [1.807, 2.05) is 0 Å². The molecule has 2 rings (SSSR count). The first-order valence-electron chi connectivity index (χ1n) is 4.46. The largest absolute Gasteiger partial charge is 0.410 e. The van der Waals surface area contributed by atoms with Gasteiger partial charge in [0.25, 0.3) is 11.7 Å². The second kappa shape index (κ2) is 3.78. The molecular formula is C10H5FN2O4. The summed E-state index contributed by atoms with van der Waals surface area (Å²) in [5.41, 5.74) is -1.21. The molecule has 1 aliphatic rings. The number of nitrogens with zero attached hydrogens (tertiary/aromatic N) is 1. The van der Waals surface area contributed by atoms with Crippen LogP contribution in [-0.2, 0) is 9.59 Å². The van der Waals surface area contributed by atoms with Crippen LogP contribution in [0.25, 0.3) is 0 Å². The van der Waals surface area contributed by atoms with Gasteiger partial charge in [0, 0.05) is 5.56 Å². The van der Waals surface area contributed by atoms with Gasteiger partial charge < -0.3 is 10.5 Å². The zero-order valence-electron chi connectivity index (χ0n) is 8.23. The summed E-state index contributed by atoms with van der Waals surface area (Å²) in [6, 6.07) is 2.96. The van der Waals surface area contributed by atoms with E-state index in [1.165, 1.54) is 0 Å². The minimum Gasteiger partial charge on any atom is -0.410 e. The van der Waals surface area contributed by atoms with Crippen LogP contribution < -0.4 is 5.32 Å². The Bertz CT molecular complexity index is 580. The van der Waals surface area contributed by atoms with Gasteiger partial charge in [-0.25, -0.2) is 4.39 Å². The standard InChI is InChI=1S/C10H5FN2O4/c11-4-1-2-5-6(3-4)12-10(16)7(13-17)9(15)8(5)14/h1-3,17H,(H,12,16)/b13-7+. The molecule has 1 amide bonds. The van der Waals surface area contributed by atoms with Crippen molar-refractivity contribution in [1.29, 1.82) is 0 Å². The molecule has 0 saturated carbocycles. The number of amides is 1. The first kappa shape index (κ1) is 10.9. The third-order valence-corrected chi connectivity index (χ3v) is 2.21. The predicted octanol–water partition coefficient (Wildman–Crippen LogP) is 0.360. The highest BCUT2D eigenvalue weighted by Crippen LogP contribution is 2.21. The highest BCUT2D eigenvalue weighted by atomic mass is 19.1. The molecule has 1 aromatic rings. The van der Waals surface area contributed by atoms with E-state index in [0.717, 1.165) is 18.2 Å². The van der Waals surface area contributed by atoms with Crippen molar-refractivity contribution in [3.8, 4) is 0 Å². The average Bonchev–Trinajstić information content (AvgIpc) is 2.36. The SMILES string of the molecule is O=C1Nc2cc(F)ccc2C(=O)C(=O)/C1=N\O. The van der Waals surface area contributed by atoms with Gasteiger partial charge in [0.2, 0.25) is 11.5 Å². The fourth-order valence-corrected chi connectivity index (χ4v) is 1.42. The number of hydrogen-bond acceptors (Lipinski definition) is 5. The summed E-state index contributed by atoms with van der Waals surface area (Å²) in [6.07, 6.45) is 0. The molecular weight excluding hydrogens is 231 g/mol. The molecule has 0 aromatic heterocycles. The number of carbonyl (C=O) groups is 3. The van der Waals surface area contributed by atoms with Crippen molar-refractivity contribution in [2.24, 2.45) is 5.16 Å². The Kier molecular flexibility index (Phi) is 2.43. The van der Waals surface area contributed by atoms with E-state index >= 15 is 0 Å². The molecule has 0 aliphatic carbocycles. The molecule has 0 unspecified atom stereocenters. The van der Waals surface area contributed by atoms with Gasteiger partial charge in [-0.1, -0.05) is 5.16 Å². The third kappa shape index (κ3) is 1.67. The lowest BCUT2D eigenvalue weighted by atomic mass is 10.0. The van der Waals surface area contributed by atoms with E-state index in [9.17, 15) is 18.8 Å². The minimum absolute atomic E-state index is 0.132. The number of benzene rings is 1. The van der Waals surface area contributed by atoms with Crippen molar-refractivity contribution >= 4 is 28.9 Å². The number of ketones is 2. The second-order valence-corrected chi connectivity index (χ2v) is 3.25. The lowest BCUT2D eigenvalue weighted by Crippen LogP contribution is -2.31. The van der Waals surface area contributed by atoms with Gasteiger partial charge in [0.15, 0.2) is 0 Å². The number of carbonyl (C=O) groups excluding carboxylic acids is 3. The Balaban J connectivity index is 2.64. The van der Waals surface area contributed by atoms with E-state index in [0.29, 0.717) is 0 Å². The normalized spacial score (nSPS) is 17.7. The zero-order chi connectivity index (χ0) is 12.6. The van der Waals surface area contributed by atoms with E-state index < -0.39 is 29.0 Å². The summed E-state index contributed by atoms with van der Waals surface area (Å²) in [4.78, 5) is 34.4. The van der Waals surface area contributed by atoms with Crippen LogP contribution in [0.2, 0.25) is 0 Å². The Hall–Kier alpha value is -2.57. The predicted molar refractivity (Wildman–Crippen MR) is 53.6 cm³/mol. The number of oxime groups is 1. The Labute approximate surface area is 93.7 Å². The van der Waals surface area contributed by atoms with Gasteiger partial charge in [0.1, 0.15) is 5.82 Å². The maximum atomic E-state index is 12.9. The van der Waals surface area contributed by atoms with Gasteiger partial charge in [0.05, 0.1) is 5.69 Å². The molecule has 86 valence electrons. The van der Waals surface area contributed by atoms with Crippen LogP contribution in [0.3, 0.4) is 0 Å². The van der Waals surface area contributed by atoms with Gasteiger partial charge in [-0.2, -0.15) is 0 Å². The highest BCUT2D eigenvalue weighted by Gasteiger charge is 2.34. The molecule has 6 nitrogen and oxygen atoms in total. The van der Waals surface area contributed by atoms with Crippen molar-refractivity contribution in [2.45, 2.75) is 0 Å². The molecule has 2 N–H and O–H groups in total. The van der Waals surface area contributed by atoms with Gasteiger partial charge in [-0.05, 0) is 18.2 Å². The molecule has 0 atom stereocenters. The van der Waals surface area contributed by atoms with E-state index in [-0.39, 0.29) is 11.3 Å². The van der Waals surface area contributed by atoms with Crippen LogP contribution in [0.5, 0.6) is 0 Å². The number of hydrogen-bond donors (Lipinski definition) is 2. The van der Waals surface area contributed by atoms with Crippen LogP contribution in [0.1, 0.15) is 10.4 Å². The summed E-state index contributed by atoms with van der Waals surface area (Å²) in [7, 11) is 0. The highest BCUT2D eigenvalue weighted by molar-refractivity contribution is 6.83. The molecule has 7 heteroatoms. The molecule has 1 heterocycles. The van der Waals surface area contributed by atoms with Crippen LogP contribution in [0.4, 0.5) is 10.1 Å². The van der Waals surface area contributed by atoms with Crippen LogP contribution >= 0.6 is 0 Å². The quantitative estimate of drug-likeness (QED) is 0.386. The van der Waals surface area contributed by atoms with Crippen molar-refractivity contribution in [3.05, 3.63) is 29.6 Å². The van der Waals surface area contributed by atoms with E-state index in [4.69, 9.17) is 5.21 Å². The first-order valence-corrected chi connectivity index (χ1v) is 4.46. The summed E-state index contributed by atoms with van der Waals surface area (Å²) in [5, 5.41) is 13.1. The summed E-state index contributed by atoms with van der Waals surface area (Å²) in [5.74, 6) is -4.01. The number of halogens is 1. The Morgan fingerprint density at radius 1 is 1.18 bits per heavy atom. The van der Waals surface area contributed by atoms with Crippen LogP contribution in [-0.4, -0.2) is 28.4 Å². The van der Waals surface area contributed by atoms with Crippen molar-refractivity contribution in [2.75, 3.05) is 5.32 Å².